The monoisotopic (exact) mass is 444 g/mol. The fourth-order valence-electron chi connectivity index (χ4n) is 3.77. The van der Waals surface area contributed by atoms with Crippen LogP contribution in [-0.2, 0) is 11.8 Å². The van der Waals surface area contributed by atoms with Crippen molar-refractivity contribution in [3.05, 3.63) is 85.5 Å². The Hall–Kier alpha value is -4.00. The first-order chi connectivity index (χ1) is 16.1. The van der Waals surface area contributed by atoms with E-state index in [4.69, 9.17) is 4.74 Å². The van der Waals surface area contributed by atoms with Gasteiger partial charge in [-0.1, -0.05) is 24.8 Å². The molecular formula is C26H25FN4O2. The van der Waals surface area contributed by atoms with Gasteiger partial charge in [-0.25, -0.2) is 4.39 Å². The largest absolute Gasteiger partial charge is 0.457 e. The Morgan fingerprint density at radius 1 is 1.03 bits per heavy atom. The van der Waals surface area contributed by atoms with Crippen molar-refractivity contribution in [2.45, 2.75) is 12.8 Å². The molecule has 0 aliphatic carbocycles. The van der Waals surface area contributed by atoms with Gasteiger partial charge in [-0.05, 0) is 55.3 Å². The zero-order chi connectivity index (χ0) is 23.2. The molecule has 0 unspecified atom stereocenters. The minimum atomic E-state index is -0.377. The second-order valence-electron chi connectivity index (χ2n) is 7.67. The highest BCUT2D eigenvalue weighted by Gasteiger charge is 2.15. The van der Waals surface area contributed by atoms with E-state index in [-0.39, 0.29) is 11.7 Å². The highest BCUT2D eigenvalue weighted by atomic mass is 19.1. The number of aromatic nitrogens is 3. The summed E-state index contributed by atoms with van der Waals surface area (Å²) in [4.78, 5) is 16.6. The molecule has 0 spiro atoms. The average molecular weight is 445 g/mol. The van der Waals surface area contributed by atoms with Gasteiger partial charge in [0, 0.05) is 37.3 Å². The summed E-state index contributed by atoms with van der Waals surface area (Å²) in [5.41, 5.74) is 2.03. The molecule has 2 aromatic carbocycles. The fourth-order valence-corrected chi connectivity index (χ4v) is 3.77. The standard InChI is InChI=1S/C19H14FN3O.C7H11NO/c1-23-19-16(11-21-12-17(19)20)18(22-23)13-7-9-15(10-8-13)24-14-5-3-2-4-6-14;1-2-7(9)8-5-3-4-6-8/h2-12H,1H3;2H,1,3-6H2. The van der Waals surface area contributed by atoms with Crippen LogP contribution in [0.2, 0.25) is 0 Å². The first kappa shape index (κ1) is 22.2. The quantitative estimate of drug-likeness (QED) is 0.398. The first-order valence-electron chi connectivity index (χ1n) is 10.8. The summed E-state index contributed by atoms with van der Waals surface area (Å²) in [7, 11) is 1.72. The molecule has 3 heterocycles. The van der Waals surface area contributed by atoms with Crippen molar-refractivity contribution in [3.8, 4) is 22.8 Å². The van der Waals surface area contributed by atoms with Gasteiger partial charge in [-0.3, -0.25) is 14.5 Å². The Morgan fingerprint density at radius 2 is 1.70 bits per heavy atom. The molecule has 1 aliphatic heterocycles. The SMILES string of the molecule is C=CC(=O)N1CCCC1.Cn1nc(-c2ccc(Oc3ccccc3)cc2)c2cncc(F)c21. The molecule has 0 N–H and O–H groups in total. The van der Waals surface area contributed by atoms with Crippen LogP contribution in [0.1, 0.15) is 12.8 Å². The molecule has 1 amide bonds. The van der Waals surface area contributed by atoms with Crippen molar-refractivity contribution < 1.29 is 13.9 Å². The number of carbonyl (C=O) groups excluding carboxylic acids is 1. The lowest BCUT2D eigenvalue weighted by Gasteiger charge is -2.10. The number of amides is 1. The lowest BCUT2D eigenvalue weighted by atomic mass is 10.1. The Morgan fingerprint density at radius 3 is 2.36 bits per heavy atom. The summed E-state index contributed by atoms with van der Waals surface area (Å²) in [6.07, 6.45) is 6.52. The molecule has 0 saturated carbocycles. The van der Waals surface area contributed by atoms with Gasteiger partial charge in [0.2, 0.25) is 5.91 Å². The van der Waals surface area contributed by atoms with E-state index >= 15 is 0 Å². The Balaban J connectivity index is 0.000000243. The van der Waals surface area contributed by atoms with E-state index in [2.05, 4.69) is 16.7 Å². The molecule has 33 heavy (non-hydrogen) atoms. The number of aryl methyl sites for hydroxylation is 1. The van der Waals surface area contributed by atoms with Crippen LogP contribution >= 0.6 is 0 Å². The Kier molecular flexibility index (Phi) is 6.78. The Bertz CT molecular complexity index is 1250. The number of hydrogen-bond acceptors (Lipinski definition) is 4. The van der Waals surface area contributed by atoms with Gasteiger partial charge in [-0.2, -0.15) is 5.10 Å². The summed E-state index contributed by atoms with van der Waals surface area (Å²) < 4.78 is 21.3. The van der Waals surface area contributed by atoms with Gasteiger partial charge in [-0.15, -0.1) is 0 Å². The number of carbonyl (C=O) groups is 1. The zero-order valence-corrected chi connectivity index (χ0v) is 18.4. The third-order valence-corrected chi connectivity index (χ3v) is 5.40. The molecule has 5 rings (SSSR count). The maximum Gasteiger partial charge on any atom is 0.245 e. The van der Waals surface area contributed by atoms with Gasteiger partial charge in [0.25, 0.3) is 0 Å². The number of benzene rings is 2. The van der Waals surface area contributed by atoms with Crippen LogP contribution in [-0.4, -0.2) is 38.7 Å². The molecule has 7 heteroatoms. The number of hydrogen-bond donors (Lipinski definition) is 0. The molecule has 1 fully saturated rings. The van der Waals surface area contributed by atoms with Crippen molar-refractivity contribution in [1.29, 1.82) is 0 Å². The number of nitrogens with zero attached hydrogens (tertiary/aromatic N) is 4. The molecular weight excluding hydrogens is 419 g/mol. The minimum absolute atomic E-state index is 0.0764. The van der Waals surface area contributed by atoms with E-state index in [0.29, 0.717) is 16.6 Å². The van der Waals surface area contributed by atoms with E-state index in [9.17, 15) is 9.18 Å². The van der Waals surface area contributed by atoms with Gasteiger partial charge >= 0.3 is 0 Å². The summed E-state index contributed by atoms with van der Waals surface area (Å²) in [5, 5.41) is 5.12. The number of rotatable bonds is 4. The summed E-state index contributed by atoms with van der Waals surface area (Å²) >= 11 is 0. The van der Waals surface area contributed by atoms with Crippen LogP contribution in [0.3, 0.4) is 0 Å². The summed E-state index contributed by atoms with van der Waals surface area (Å²) in [6.45, 7) is 5.26. The number of para-hydroxylation sites is 1. The van der Waals surface area contributed by atoms with Crippen LogP contribution < -0.4 is 4.74 Å². The van der Waals surface area contributed by atoms with Gasteiger partial charge < -0.3 is 9.64 Å². The molecule has 0 atom stereocenters. The zero-order valence-electron chi connectivity index (χ0n) is 18.4. The molecule has 0 bridgehead atoms. The van der Waals surface area contributed by atoms with Crippen molar-refractivity contribution in [2.24, 2.45) is 7.05 Å². The van der Waals surface area contributed by atoms with Gasteiger partial charge in [0.1, 0.15) is 22.7 Å². The van der Waals surface area contributed by atoms with Crippen LogP contribution in [0.4, 0.5) is 4.39 Å². The van der Waals surface area contributed by atoms with Crippen LogP contribution in [0.15, 0.2) is 79.6 Å². The molecule has 1 saturated heterocycles. The van der Waals surface area contributed by atoms with Crippen molar-refractivity contribution >= 4 is 16.8 Å². The molecule has 0 radical (unpaired) electrons. The van der Waals surface area contributed by atoms with Gasteiger partial charge in [0.15, 0.2) is 5.82 Å². The van der Waals surface area contributed by atoms with Gasteiger partial charge in [0.05, 0.1) is 6.20 Å². The van der Waals surface area contributed by atoms with E-state index in [1.807, 2.05) is 59.5 Å². The van der Waals surface area contributed by atoms with Crippen LogP contribution in [0, 0.1) is 5.82 Å². The first-order valence-corrected chi connectivity index (χ1v) is 10.8. The highest BCUT2D eigenvalue weighted by Crippen LogP contribution is 2.30. The predicted molar refractivity (Wildman–Crippen MR) is 126 cm³/mol. The summed E-state index contributed by atoms with van der Waals surface area (Å²) in [6, 6.07) is 17.1. The third kappa shape index (κ3) is 5.09. The topological polar surface area (TPSA) is 60.2 Å². The van der Waals surface area contributed by atoms with Crippen LogP contribution in [0.5, 0.6) is 11.5 Å². The van der Waals surface area contributed by atoms with Crippen LogP contribution in [0.25, 0.3) is 22.2 Å². The maximum atomic E-state index is 13.9. The number of fused-ring (bicyclic) bond motifs is 1. The molecule has 1 aliphatic rings. The number of halogens is 1. The maximum absolute atomic E-state index is 13.9. The molecule has 2 aromatic heterocycles. The van der Waals surface area contributed by atoms with E-state index < -0.39 is 0 Å². The third-order valence-electron chi connectivity index (χ3n) is 5.40. The number of ether oxygens (including phenoxy) is 1. The normalized spacial score (nSPS) is 12.8. The average Bonchev–Trinajstić information content (AvgIpc) is 3.49. The summed E-state index contributed by atoms with van der Waals surface area (Å²) in [5.74, 6) is 1.21. The minimum Gasteiger partial charge on any atom is -0.457 e. The second kappa shape index (κ2) is 10.1. The van der Waals surface area contributed by atoms with Crippen molar-refractivity contribution in [2.75, 3.05) is 13.1 Å². The van der Waals surface area contributed by atoms with E-state index in [1.54, 1.807) is 13.2 Å². The fraction of sp³-hybridized carbons (Fsp3) is 0.192. The van der Waals surface area contributed by atoms with Crippen molar-refractivity contribution in [1.82, 2.24) is 19.7 Å². The second-order valence-corrected chi connectivity index (χ2v) is 7.67. The molecule has 168 valence electrons. The lowest BCUT2D eigenvalue weighted by Crippen LogP contribution is -2.25. The Labute approximate surface area is 191 Å². The number of pyridine rings is 1. The van der Waals surface area contributed by atoms with Crippen molar-refractivity contribution in [3.63, 3.8) is 0 Å². The van der Waals surface area contributed by atoms with E-state index in [0.717, 1.165) is 43.0 Å². The van der Waals surface area contributed by atoms with E-state index in [1.165, 1.54) is 17.0 Å². The lowest BCUT2D eigenvalue weighted by molar-refractivity contribution is -0.124. The highest BCUT2D eigenvalue weighted by molar-refractivity contribution is 5.93. The smallest absolute Gasteiger partial charge is 0.245 e. The predicted octanol–water partition coefficient (Wildman–Crippen LogP) is 5.36. The number of likely N-dealkylation sites (tertiary alicyclic amines) is 1. The molecule has 6 nitrogen and oxygen atoms in total. The molecule has 4 aromatic rings.